The third-order valence-electron chi connectivity index (χ3n) is 14.3. The predicted octanol–water partition coefficient (Wildman–Crippen LogP) is 20.0. The maximum atomic E-state index is 12.9. The highest BCUT2D eigenvalue weighted by atomic mass is 16.6. The minimum absolute atomic E-state index is 0.0624. The van der Waals surface area contributed by atoms with E-state index in [1.54, 1.807) is 0 Å². The van der Waals surface area contributed by atoms with Crippen LogP contribution in [0.1, 0.15) is 343 Å². The smallest absolute Gasteiger partial charge is 0.306 e. The molecular weight excluding hydrogens is 829 g/mol. The molecule has 6 heteroatoms. The zero-order valence-corrected chi connectivity index (χ0v) is 46.0. The van der Waals surface area contributed by atoms with Crippen molar-refractivity contribution < 1.29 is 28.6 Å². The van der Waals surface area contributed by atoms with Gasteiger partial charge in [-0.1, -0.05) is 304 Å². The molecule has 0 saturated heterocycles. The number of unbranched alkanes of at least 4 members (excludes halogenated alkanes) is 39. The molecule has 0 amide bonds. The molecule has 0 rings (SSSR count). The summed E-state index contributed by atoms with van der Waals surface area (Å²) in [7, 11) is 0. The lowest BCUT2D eigenvalue weighted by Gasteiger charge is -2.18. The molecule has 67 heavy (non-hydrogen) atoms. The van der Waals surface area contributed by atoms with Gasteiger partial charge < -0.3 is 14.2 Å². The van der Waals surface area contributed by atoms with E-state index in [1.807, 2.05) is 0 Å². The van der Waals surface area contributed by atoms with Crippen LogP contribution in [-0.4, -0.2) is 37.2 Å². The summed E-state index contributed by atoms with van der Waals surface area (Å²) >= 11 is 0. The van der Waals surface area contributed by atoms with Crippen LogP contribution in [0.25, 0.3) is 0 Å². The number of carbonyl (C=O) groups excluding carboxylic acids is 3. The van der Waals surface area contributed by atoms with Gasteiger partial charge in [-0.15, -0.1) is 0 Å². The lowest BCUT2D eigenvalue weighted by atomic mass is 9.99. The average Bonchev–Trinajstić information content (AvgIpc) is 3.31. The molecular formula is C61H118O6. The van der Waals surface area contributed by atoms with Gasteiger partial charge in [0, 0.05) is 19.3 Å². The van der Waals surface area contributed by atoms with Crippen molar-refractivity contribution in [3.8, 4) is 0 Å². The van der Waals surface area contributed by atoms with Crippen LogP contribution in [0.3, 0.4) is 0 Å². The van der Waals surface area contributed by atoms with E-state index in [0.29, 0.717) is 19.3 Å². The van der Waals surface area contributed by atoms with Crippen molar-refractivity contribution in [2.75, 3.05) is 13.2 Å². The lowest BCUT2D eigenvalue weighted by Crippen LogP contribution is -2.30. The Labute approximate surface area is 418 Å². The Kier molecular flexibility index (Phi) is 52.5. The van der Waals surface area contributed by atoms with Gasteiger partial charge in [-0.05, 0) is 31.1 Å². The van der Waals surface area contributed by atoms with Crippen molar-refractivity contribution in [2.24, 2.45) is 11.8 Å². The first-order valence-electron chi connectivity index (χ1n) is 30.3. The maximum absolute atomic E-state index is 12.9. The fraction of sp³-hybridized carbons (Fsp3) is 0.951. The summed E-state index contributed by atoms with van der Waals surface area (Å²) in [6.45, 7) is 11.5. The van der Waals surface area contributed by atoms with Crippen molar-refractivity contribution in [2.45, 2.75) is 349 Å². The van der Waals surface area contributed by atoms with Crippen LogP contribution in [0.15, 0.2) is 0 Å². The highest BCUT2D eigenvalue weighted by Gasteiger charge is 2.19. The Morgan fingerprint density at radius 1 is 0.313 bits per heavy atom. The number of rotatable bonds is 55. The normalized spacial score (nSPS) is 12.4. The Balaban J connectivity index is 4.23. The molecule has 0 aromatic rings. The van der Waals surface area contributed by atoms with Crippen molar-refractivity contribution in [3.05, 3.63) is 0 Å². The van der Waals surface area contributed by atoms with Crippen LogP contribution in [0.5, 0.6) is 0 Å². The Morgan fingerprint density at radius 3 is 0.851 bits per heavy atom. The summed E-state index contributed by atoms with van der Waals surface area (Å²) in [5.74, 6) is 0.912. The Hall–Kier alpha value is -1.59. The summed E-state index contributed by atoms with van der Waals surface area (Å²) in [5, 5.41) is 0. The number of hydrogen-bond donors (Lipinski definition) is 0. The number of esters is 3. The first-order valence-corrected chi connectivity index (χ1v) is 30.3. The van der Waals surface area contributed by atoms with Crippen LogP contribution in [0.4, 0.5) is 0 Å². The lowest BCUT2D eigenvalue weighted by molar-refractivity contribution is -0.167. The van der Waals surface area contributed by atoms with Crippen LogP contribution >= 0.6 is 0 Å². The van der Waals surface area contributed by atoms with Crippen LogP contribution in [-0.2, 0) is 28.6 Å². The summed E-state index contributed by atoms with van der Waals surface area (Å²) in [6, 6.07) is 0. The molecule has 0 spiro atoms. The average molecular weight is 948 g/mol. The first-order chi connectivity index (χ1) is 32.8. The second kappa shape index (κ2) is 53.8. The van der Waals surface area contributed by atoms with Crippen LogP contribution < -0.4 is 0 Å². The molecule has 0 bridgehead atoms. The van der Waals surface area contributed by atoms with Crippen molar-refractivity contribution in [3.63, 3.8) is 0 Å². The van der Waals surface area contributed by atoms with Crippen LogP contribution in [0, 0.1) is 11.8 Å². The molecule has 0 radical (unpaired) electrons. The zero-order valence-electron chi connectivity index (χ0n) is 46.0. The predicted molar refractivity (Wildman–Crippen MR) is 289 cm³/mol. The Bertz CT molecular complexity index is 1030. The minimum atomic E-state index is -0.762. The quantitative estimate of drug-likeness (QED) is 0.0343. The van der Waals surface area contributed by atoms with E-state index < -0.39 is 6.10 Å². The van der Waals surface area contributed by atoms with Crippen molar-refractivity contribution in [1.82, 2.24) is 0 Å². The molecule has 0 aliphatic carbocycles. The second-order valence-corrected chi connectivity index (χ2v) is 21.7. The molecule has 0 aliphatic heterocycles. The third-order valence-corrected chi connectivity index (χ3v) is 14.3. The largest absolute Gasteiger partial charge is 0.462 e. The third kappa shape index (κ3) is 53.6. The molecule has 398 valence electrons. The maximum Gasteiger partial charge on any atom is 0.306 e. The molecule has 0 saturated carbocycles. The molecule has 0 aliphatic rings. The van der Waals surface area contributed by atoms with E-state index in [-0.39, 0.29) is 31.1 Å². The van der Waals surface area contributed by atoms with Crippen LogP contribution in [0.2, 0.25) is 0 Å². The van der Waals surface area contributed by atoms with Gasteiger partial charge in [0.05, 0.1) is 0 Å². The number of carbonyl (C=O) groups is 3. The molecule has 6 nitrogen and oxygen atoms in total. The fourth-order valence-corrected chi connectivity index (χ4v) is 9.37. The standard InChI is InChI=1S/C61H118O6/c1-6-8-9-10-11-12-24-31-36-41-46-51-59(62)65-54-58(55-66-60(63)52-47-42-37-32-27-23-19-20-25-29-34-39-44-49-56(3)4)67-61(64)53-48-43-38-33-28-22-18-16-14-13-15-17-21-26-30-35-40-45-50-57(5)7-2/h56-58H,6-55H2,1-5H3/t57?,58-/m1/s1. The van der Waals surface area contributed by atoms with Gasteiger partial charge >= 0.3 is 17.9 Å². The highest BCUT2D eigenvalue weighted by Crippen LogP contribution is 2.19. The van der Waals surface area contributed by atoms with E-state index in [1.165, 1.54) is 231 Å². The molecule has 0 aromatic heterocycles. The fourth-order valence-electron chi connectivity index (χ4n) is 9.37. The Morgan fingerprint density at radius 2 is 0.567 bits per heavy atom. The molecule has 0 aromatic carbocycles. The number of ether oxygens (including phenoxy) is 3. The van der Waals surface area contributed by atoms with Gasteiger partial charge in [-0.3, -0.25) is 14.4 Å². The van der Waals surface area contributed by atoms with E-state index in [4.69, 9.17) is 14.2 Å². The van der Waals surface area contributed by atoms with Gasteiger partial charge in [-0.2, -0.15) is 0 Å². The van der Waals surface area contributed by atoms with Crippen molar-refractivity contribution in [1.29, 1.82) is 0 Å². The topological polar surface area (TPSA) is 78.9 Å². The molecule has 1 unspecified atom stereocenters. The molecule has 0 heterocycles. The van der Waals surface area contributed by atoms with Crippen molar-refractivity contribution >= 4 is 17.9 Å². The van der Waals surface area contributed by atoms with Gasteiger partial charge in [0.1, 0.15) is 13.2 Å². The zero-order chi connectivity index (χ0) is 48.9. The van der Waals surface area contributed by atoms with Gasteiger partial charge in [-0.25, -0.2) is 0 Å². The summed E-state index contributed by atoms with van der Waals surface area (Å²) in [4.78, 5) is 38.1. The van der Waals surface area contributed by atoms with E-state index in [0.717, 1.165) is 69.6 Å². The van der Waals surface area contributed by atoms with E-state index >= 15 is 0 Å². The summed E-state index contributed by atoms with van der Waals surface area (Å²) < 4.78 is 16.9. The summed E-state index contributed by atoms with van der Waals surface area (Å²) in [6.07, 6.45) is 58.1. The SMILES string of the molecule is CCCCCCCCCCCCCC(=O)OC[C@H](COC(=O)CCCCCCCCCCCCCCCC(C)C)OC(=O)CCCCCCCCCCCCCCCCCCCCC(C)CC. The highest BCUT2D eigenvalue weighted by molar-refractivity contribution is 5.71. The number of hydrogen-bond acceptors (Lipinski definition) is 6. The monoisotopic (exact) mass is 947 g/mol. The molecule has 0 N–H and O–H groups in total. The second-order valence-electron chi connectivity index (χ2n) is 21.7. The van der Waals surface area contributed by atoms with E-state index in [9.17, 15) is 14.4 Å². The molecule has 2 atom stereocenters. The first kappa shape index (κ1) is 65.4. The van der Waals surface area contributed by atoms with Gasteiger partial charge in [0.2, 0.25) is 0 Å². The summed E-state index contributed by atoms with van der Waals surface area (Å²) in [5.41, 5.74) is 0. The van der Waals surface area contributed by atoms with Gasteiger partial charge in [0.25, 0.3) is 0 Å². The minimum Gasteiger partial charge on any atom is -0.462 e. The van der Waals surface area contributed by atoms with Gasteiger partial charge in [0.15, 0.2) is 6.10 Å². The van der Waals surface area contributed by atoms with E-state index in [2.05, 4.69) is 34.6 Å². The molecule has 0 fully saturated rings.